The van der Waals surface area contributed by atoms with E-state index in [2.05, 4.69) is 5.32 Å². The van der Waals surface area contributed by atoms with Crippen molar-refractivity contribution in [3.05, 3.63) is 24.3 Å². The molecular formula is C13H21NO4S2. The molecule has 0 aliphatic heterocycles. The predicted octanol–water partition coefficient (Wildman–Crippen LogP) is 1.25. The SMILES string of the molecule is CCNC(C)CCS(=O)(=O)c1ccc(S(C)(=O)=O)cc1. The summed E-state index contributed by atoms with van der Waals surface area (Å²) in [7, 11) is -6.67. The highest BCUT2D eigenvalue weighted by molar-refractivity contribution is 7.91. The summed E-state index contributed by atoms with van der Waals surface area (Å²) in [6.45, 7) is 4.70. The summed E-state index contributed by atoms with van der Waals surface area (Å²) in [4.78, 5) is 0.283. The molecule has 5 nitrogen and oxygen atoms in total. The average Bonchev–Trinajstić information content (AvgIpc) is 2.36. The van der Waals surface area contributed by atoms with Crippen LogP contribution in [-0.4, -0.2) is 41.4 Å². The molecule has 0 heterocycles. The van der Waals surface area contributed by atoms with Gasteiger partial charge in [0.05, 0.1) is 15.5 Å². The largest absolute Gasteiger partial charge is 0.314 e. The monoisotopic (exact) mass is 319 g/mol. The van der Waals surface area contributed by atoms with E-state index in [0.29, 0.717) is 6.42 Å². The lowest BCUT2D eigenvalue weighted by atomic mass is 10.3. The second-order valence-corrected chi connectivity index (χ2v) is 8.93. The molecule has 0 spiro atoms. The molecule has 114 valence electrons. The van der Waals surface area contributed by atoms with E-state index in [4.69, 9.17) is 0 Å². The van der Waals surface area contributed by atoms with Gasteiger partial charge in [-0.05, 0) is 44.2 Å². The lowest BCUT2D eigenvalue weighted by molar-refractivity contribution is 0.541. The summed E-state index contributed by atoms with van der Waals surface area (Å²) >= 11 is 0. The van der Waals surface area contributed by atoms with E-state index in [1.165, 1.54) is 24.3 Å². The number of hydrogen-bond donors (Lipinski definition) is 1. The zero-order valence-electron chi connectivity index (χ0n) is 12.0. The van der Waals surface area contributed by atoms with Crippen molar-refractivity contribution in [2.24, 2.45) is 0 Å². The zero-order chi connectivity index (χ0) is 15.4. The normalized spacial score (nSPS) is 14.2. The fourth-order valence-electron chi connectivity index (χ4n) is 1.79. The topological polar surface area (TPSA) is 80.3 Å². The van der Waals surface area contributed by atoms with Gasteiger partial charge in [-0.1, -0.05) is 6.92 Å². The maximum Gasteiger partial charge on any atom is 0.178 e. The van der Waals surface area contributed by atoms with Crippen LogP contribution in [0.2, 0.25) is 0 Å². The van der Waals surface area contributed by atoms with Gasteiger partial charge < -0.3 is 5.32 Å². The first-order valence-corrected chi connectivity index (χ1v) is 9.97. The van der Waals surface area contributed by atoms with Crippen LogP contribution >= 0.6 is 0 Å². The van der Waals surface area contributed by atoms with Crippen molar-refractivity contribution in [3.8, 4) is 0 Å². The van der Waals surface area contributed by atoms with E-state index in [1.807, 2.05) is 13.8 Å². The standard InChI is InChI=1S/C13H21NO4S2/c1-4-14-11(2)9-10-20(17,18)13-7-5-12(6-8-13)19(3,15)16/h5-8,11,14H,4,9-10H2,1-3H3. The molecule has 0 amide bonds. The van der Waals surface area contributed by atoms with Gasteiger partial charge in [-0.3, -0.25) is 0 Å². The fourth-order valence-corrected chi connectivity index (χ4v) is 3.88. The molecule has 1 atom stereocenters. The Kier molecular flexibility index (Phi) is 5.73. The van der Waals surface area contributed by atoms with Crippen LogP contribution < -0.4 is 5.32 Å². The highest BCUT2D eigenvalue weighted by atomic mass is 32.2. The third-order valence-corrected chi connectivity index (χ3v) is 5.88. The van der Waals surface area contributed by atoms with Gasteiger partial charge in [0.25, 0.3) is 0 Å². The molecule has 1 N–H and O–H groups in total. The second kappa shape index (κ2) is 6.69. The average molecular weight is 319 g/mol. The van der Waals surface area contributed by atoms with Crippen molar-refractivity contribution < 1.29 is 16.8 Å². The molecule has 0 bridgehead atoms. The van der Waals surface area contributed by atoms with E-state index < -0.39 is 19.7 Å². The fraction of sp³-hybridized carbons (Fsp3) is 0.538. The Hall–Kier alpha value is -0.920. The molecule has 7 heteroatoms. The summed E-state index contributed by atoms with van der Waals surface area (Å²) in [5, 5.41) is 3.15. The lowest BCUT2D eigenvalue weighted by Crippen LogP contribution is -2.27. The Labute approximate surface area is 121 Å². The number of nitrogens with one attached hydrogen (secondary N) is 1. The lowest BCUT2D eigenvalue weighted by Gasteiger charge is -2.12. The van der Waals surface area contributed by atoms with Crippen LogP contribution in [-0.2, 0) is 19.7 Å². The second-order valence-electron chi connectivity index (χ2n) is 4.81. The minimum atomic E-state index is -3.37. The Bertz CT molecular complexity index is 633. The van der Waals surface area contributed by atoms with E-state index in [1.54, 1.807) is 0 Å². The summed E-state index contributed by atoms with van der Waals surface area (Å²) < 4.78 is 46.9. The number of hydrogen-bond acceptors (Lipinski definition) is 5. The van der Waals surface area contributed by atoms with Crippen LogP contribution in [0.1, 0.15) is 20.3 Å². The first-order valence-electron chi connectivity index (χ1n) is 6.43. The first-order chi connectivity index (χ1) is 9.16. The Morgan fingerprint density at radius 2 is 1.55 bits per heavy atom. The van der Waals surface area contributed by atoms with E-state index in [0.717, 1.165) is 12.8 Å². The molecule has 0 fully saturated rings. The van der Waals surface area contributed by atoms with Crippen molar-refractivity contribution in [2.75, 3.05) is 18.6 Å². The molecule has 1 rings (SSSR count). The van der Waals surface area contributed by atoms with E-state index in [9.17, 15) is 16.8 Å². The minimum absolute atomic E-state index is 0.0411. The van der Waals surface area contributed by atoms with E-state index in [-0.39, 0.29) is 21.6 Å². The van der Waals surface area contributed by atoms with Crippen molar-refractivity contribution >= 4 is 19.7 Å². The van der Waals surface area contributed by atoms with Gasteiger partial charge in [-0.2, -0.15) is 0 Å². The molecule has 0 saturated heterocycles. The highest BCUT2D eigenvalue weighted by Gasteiger charge is 2.17. The van der Waals surface area contributed by atoms with Crippen LogP contribution in [0, 0.1) is 0 Å². The van der Waals surface area contributed by atoms with Crippen molar-refractivity contribution in [1.29, 1.82) is 0 Å². The number of rotatable bonds is 7. The summed E-state index contributed by atoms with van der Waals surface area (Å²) in [6, 6.07) is 5.49. The van der Waals surface area contributed by atoms with Gasteiger partial charge in [-0.25, -0.2) is 16.8 Å². The molecule has 20 heavy (non-hydrogen) atoms. The summed E-state index contributed by atoms with van der Waals surface area (Å²) in [5.41, 5.74) is 0. The Balaban J connectivity index is 2.83. The maximum absolute atomic E-state index is 12.1. The van der Waals surface area contributed by atoms with Crippen molar-refractivity contribution in [2.45, 2.75) is 36.1 Å². The quantitative estimate of drug-likeness (QED) is 0.818. The Morgan fingerprint density at radius 3 is 2.00 bits per heavy atom. The first kappa shape index (κ1) is 17.1. The summed E-state index contributed by atoms with van der Waals surface area (Å²) in [5.74, 6) is 0.0411. The van der Waals surface area contributed by atoms with Crippen LogP contribution in [0.4, 0.5) is 0 Å². The molecule has 0 aliphatic rings. The highest BCUT2D eigenvalue weighted by Crippen LogP contribution is 2.16. The number of sulfone groups is 2. The summed E-state index contributed by atoms with van der Waals surface area (Å²) in [6.07, 6.45) is 1.61. The van der Waals surface area contributed by atoms with Crippen LogP contribution in [0.15, 0.2) is 34.1 Å². The molecule has 0 aliphatic carbocycles. The molecule has 1 aromatic carbocycles. The molecule has 0 saturated carbocycles. The third kappa shape index (κ3) is 4.88. The number of benzene rings is 1. The zero-order valence-corrected chi connectivity index (χ0v) is 13.6. The maximum atomic E-state index is 12.1. The molecular weight excluding hydrogens is 298 g/mol. The molecule has 0 radical (unpaired) electrons. The van der Waals surface area contributed by atoms with Crippen LogP contribution in [0.5, 0.6) is 0 Å². The van der Waals surface area contributed by atoms with Gasteiger partial charge >= 0.3 is 0 Å². The smallest absolute Gasteiger partial charge is 0.178 e. The molecule has 0 aromatic heterocycles. The van der Waals surface area contributed by atoms with Gasteiger partial charge in [0.15, 0.2) is 19.7 Å². The minimum Gasteiger partial charge on any atom is -0.314 e. The van der Waals surface area contributed by atoms with Crippen LogP contribution in [0.3, 0.4) is 0 Å². The molecule has 1 unspecified atom stereocenters. The van der Waals surface area contributed by atoms with Gasteiger partial charge in [-0.15, -0.1) is 0 Å². The Morgan fingerprint density at radius 1 is 1.05 bits per heavy atom. The third-order valence-electron chi connectivity index (χ3n) is 2.98. The van der Waals surface area contributed by atoms with Crippen molar-refractivity contribution in [1.82, 2.24) is 5.32 Å². The van der Waals surface area contributed by atoms with Crippen LogP contribution in [0.25, 0.3) is 0 Å². The van der Waals surface area contributed by atoms with E-state index >= 15 is 0 Å². The van der Waals surface area contributed by atoms with Gasteiger partial charge in [0.2, 0.25) is 0 Å². The predicted molar refractivity (Wildman–Crippen MR) is 79.4 cm³/mol. The van der Waals surface area contributed by atoms with Crippen molar-refractivity contribution in [3.63, 3.8) is 0 Å². The van der Waals surface area contributed by atoms with Gasteiger partial charge in [0, 0.05) is 12.3 Å². The molecule has 1 aromatic rings. The van der Waals surface area contributed by atoms with Gasteiger partial charge in [0.1, 0.15) is 0 Å².